The molecule has 1 rings (SSSR count). The van der Waals surface area contributed by atoms with E-state index < -0.39 is 0 Å². The number of nitriles is 1. The number of hydrogen-bond donors (Lipinski definition) is 2. The first-order valence-corrected chi connectivity index (χ1v) is 4.85. The summed E-state index contributed by atoms with van der Waals surface area (Å²) in [4.78, 5) is 11.2. The van der Waals surface area contributed by atoms with Gasteiger partial charge in [-0.3, -0.25) is 0 Å². The Labute approximate surface area is 93.1 Å². The molecule has 1 aromatic rings. The maximum atomic E-state index is 12.6. The minimum atomic E-state index is -0.334. The molecule has 0 atom stereocenters. The Balaban J connectivity index is 2.26. The number of amides is 2. The largest absolute Gasteiger partial charge is 0.337 e. The fourth-order valence-electron chi connectivity index (χ4n) is 1.08. The lowest BCUT2D eigenvalue weighted by atomic mass is 10.2. The molecule has 0 aliphatic rings. The summed E-state index contributed by atoms with van der Waals surface area (Å²) in [5, 5.41) is 13.4. The normalized spacial score (nSPS) is 9.25. The van der Waals surface area contributed by atoms with Gasteiger partial charge >= 0.3 is 6.03 Å². The van der Waals surface area contributed by atoms with Gasteiger partial charge in [-0.1, -0.05) is 12.1 Å². The molecule has 5 heteroatoms. The van der Waals surface area contributed by atoms with Crippen molar-refractivity contribution in [1.82, 2.24) is 10.6 Å². The second-order valence-corrected chi connectivity index (χ2v) is 3.14. The highest BCUT2D eigenvalue weighted by Crippen LogP contribution is 2.01. The number of halogens is 1. The Kier molecular flexibility index (Phi) is 4.80. The predicted molar refractivity (Wildman–Crippen MR) is 56.9 cm³/mol. The Morgan fingerprint density at radius 2 is 2.00 bits per heavy atom. The first-order chi connectivity index (χ1) is 7.72. The van der Waals surface area contributed by atoms with Crippen LogP contribution in [-0.2, 0) is 6.54 Å². The summed E-state index contributed by atoms with van der Waals surface area (Å²) in [7, 11) is 0. The molecular weight excluding hydrogens is 209 g/mol. The Morgan fingerprint density at radius 3 is 2.62 bits per heavy atom. The van der Waals surface area contributed by atoms with Gasteiger partial charge in [0.25, 0.3) is 0 Å². The van der Waals surface area contributed by atoms with E-state index in [9.17, 15) is 9.18 Å². The molecule has 0 spiro atoms. The zero-order valence-electron chi connectivity index (χ0n) is 8.66. The number of nitrogens with zero attached hydrogens (tertiary/aromatic N) is 1. The highest BCUT2D eigenvalue weighted by molar-refractivity contribution is 5.73. The van der Waals surface area contributed by atoms with Gasteiger partial charge in [0.05, 0.1) is 12.5 Å². The molecule has 0 aromatic heterocycles. The maximum Gasteiger partial charge on any atom is 0.315 e. The second-order valence-electron chi connectivity index (χ2n) is 3.14. The molecule has 0 aliphatic heterocycles. The topological polar surface area (TPSA) is 64.9 Å². The van der Waals surface area contributed by atoms with Gasteiger partial charge in [0.15, 0.2) is 0 Å². The lowest BCUT2D eigenvalue weighted by Crippen LogP contribution is -2.35. The van der Waals surface area contributed by atoms with Gasteiger partial charge in [0.2, 0.25) is 0 Å². The molecule has 84 valence electrons. The summed E-state index contributed by atoms with van der Waals surface area (Å²) in [5.41, 5.74) is 0.817. The summed E-state index contributed by atoms with van der Waals surface area (Å²) < 4.78 is 12.6. The average Bonchev–Trinajstić information content (AvgIpc) is 2.29. The van der Waals surface area contributed by atoms with Crippen LogP contribution in [0.2, 0.25) is 0 Å². The van der Waals surface area contributed by atoms with E-state index in [1.807, 2.05) is 6.07 Å². The molecule has 0 aliphatic carbocycles. The van der Waals surface area contributed by atoms with E-state index in [1.165, 1.54) is 12.1 Å². The molecule has 0 saturated heterocycles. The van der Waals surface area contributed by atoms with Crippen molar-refractivity contribution in [2.24, 2.45) is 0 Å². The van der Waals surface area contributed by atoms with E-state index in [2.05, 4.69) is 10.6 Å². The smallest absolute Gasteiger partial charge is 0.315 e. The van der Waals surface area contributed by atoms with Crippen LogP contribution in [0.3, 0.4) is 0 Å². The van der Waals surface area contributed by atoms with Crippen LogP contribution in [0.25, 0.3) is 0 Å². The van der Waals surface area contributed by atoms with Gasteiger partial charge in [-0.15, -0.1) is 0 Å². The zero-order chi connectivity index (χ0) is 11.8. The van der Waals surface area contributed by atoms with Crippen molar-refractivity contribution >= 4 is 6.03 Å². The van der Waals surface area contributed by atoms with E-state index in [1.54, 1.807) is 12.1 Å². The number of urea groups is 1. The molecule has 0 saturated carbocycles. The molecule has 0 fully saturated rings. The summed E-state index contributed by atoms with van der Waals surface area (Å²) >= 11 is 0. The van der Waals surface area contributed by atoms with Crippen molar-refractivity contribution in [3.8, 4) is 6.07 Å². The average molecular weight is 221 g/mol. The van der Waals surface area contributed by atoms with Crippen molar-refractivity contribution in [2.75, 3.05) is 6.54 Å². The summed E-state index contributed by atoms with van der Waals surface area (Å²) in [5.74, 6) is -0.303. The molecule has 2 N–H and O–H groups in total. The zero-order valence-corrected chi connectivity index (χ0v) is 8.66. The number of rotatable bonds is 4. The number of carbonyl (C=O) groups is 1. The van der Waals surface area contributed by atoms with Crippen LogP contribution in [0.1, 0.15) is 12.0 Å². The summed E-state index contributed by atoms with van der Waals surface area (Å²) in [6.07, 6.45) is 0.282. The minimum absolute atomic E-state index is 0.282. The fourth-order valence-corrected chi connectivity index (χ4v) is 1.08. The summed E-state index contributed by atoms with van der Waals surface area (Å²) in [6, 6.07) is 7.47. The van der Waals surface area contributed by atoms with Crippen LogP contribution < -0.4 is 10.6 Å². The molecule has 1 aromatic carbocycles. The Morgan fingerprint density at radius 1 is 1.31 bits per heavy atom. The van der Waals surface area contributed by atoms with Crippen molar-refractivity contribution in [3.63, 3.8) is 0 Å². The van der Waals surface area contributed by atoms with Crippen molar-refractivity contribution < 1.29 is 9.18 Å². The molecule has 0 heterocycles. The highest BCUT2D eigenvalue weighted by Gasteiger charge is 1.99. The van der Waals surface area contributed by atoms with Crippen LogP contribution in [0.4, 0.5) is 9.18 Å². The maximum absolute atomic E-state index is 12.6. The monoisotopic (exact) mass is 221 g/mol. The van der Waals surface area contributed by atoms with Crippen LogP contribution in [0.5, 0.6) is 0 Å². The molecule has 0 bridgehead atoms. The van der Waals surface area contributed by atoms with Gasteiger partial charge in [-0.05, 0) is 17.7 Å². The van der Waals surface area contributed by atoms with E-state index in [4.69, 9.17) is 5.26 Å². The van der Waals surface area contributed by atoms with E-state index in [-0.39, 0.29) is 18.3 Å². The standard InChI is InChI=1S/C11H12FN3O/c12-10-4-2-9(3-5-10)8-15-11(16)14-7-1-6-13/h2-5H,1,7-8H2,(H2,14,15,16). The quantitative estimate of drug-likeness (QED) is 0.757. The molecular formula is C11H12FN3O. The van der Waals surface area contributed by atoms with Gasteiger partial charge in [-0.25, -0.2) is 9.18 Å². The van der Waals surface area contributed by atoms with Gasteiger partial charge in [-0.2, -0.15) is 5.26 Å². The van der Waals surface area contributed by atoms with Crippen LogP contribution in [-0.4, -0.2) is 12.6 Å². The predicted octanol–water partition coefficient (Wildman–Crippen LogP) is 1.54. The van der Waals surface area contributed by atoms with Crippen molar-refractivity contribution in [3.05, 3.63) is 35.6 Å². The number of hydrogen-bond acceptors (Lipinski definition) is 2. The second kappa shape index (κ2) is 6.40. The first kappa shape index (κ1) is 12.0. The molecule has 0 radical (unpaired) electrons. The molecule has 16 heavy (non-hydrogen) atoms. The van der Waals surface area contributed by atoms with E-state index >= 15 is 0 Å². The number of nitrogens with one attached hydrogen (secondary N) is 2. The first-order valence-electron chi connectivity index (χ1n) is 4.85. The third-order valence-corrected chi connectivity index (χ3v) is 1.89. The lowest BCUT2D eigenvalue weighted by Gasteiger charge is -2.05. The lowest BCUT2D eigenvalue weighted by molar-refractivity contribution is 0.240. The third-order valence-electron chi connectivity index (χ3n) is 1.89. The van der Waals surface area contributed by atoms with Crippen LogP contribution in [0.15, 0.2) is 24.3 Å². The third kappa shape index (κ3) is 4.42. The number of benzene rings is 1. The molecule has 0 unspecified atom stereocenters. The summed E-state index contributed by atoms with van der Waals surface area (Å²) in [6.45, 7) is 0.657. The molecule has 2 amide bonds. The van der Waals surface area contributed by atoms with E-state index in [0.717, 1.165) is 5.56 Å². The highest BCUT2D eigenvalue weighted by atomic mass is 19.1. The Bertz CT molecular complexity index is 383. The Hall–Kier alpha value is -2.09. The minimum Gasteiger partial charge on any atom is -0.337 e. The van der Waals surface area contributed by atoms with Crippen molar-refractivity contribution in [2.45, 2.75) is 13.0 Å². The van der Waals surface area contributed by atoms with Gasteiger partial charge < -0.3 is 10.6 Å². The van der Waals surface area contributed by atoms with E-state index in [0.29, 0.717) is 13.1 Å². The SMILES string of the molecule is N#CCCNC(=O)NCc1ccc(F)cc1. The molecule has 4 nitrogen and oxygen atoms in total. The number of carbonyl (C=O) groups excluding carboxylic acids is 1. The van der Waals surface area contributed by atoms with Gasteiger partial charge in [0, 0.05) is 13.1 Å². The van der Waals surface area contributed by atoms with Crippen LogP contribution >= 0.6 is 0 Å². The fraction of sp³-hybridized carbons (Fsp3) is 0.273. The van der Waals surface area contributed by atoms with Gasteiger partial charge in [0.1, 0.15) is 5.82 Å². The van der Waals surface area contributed by atoms with Crippen LogP contribution in [0, 0.1) is 17.1 Å². The van der Waals surface area contributed by atoms with Crippen molar-refractivity contribution in [1.29, 1.82) is 5.26 Å².